The van der Waals surface area contributed by atoms with Crippen LogP contribution in [0.3, 0.4) is 0 Å². The average molecular weight is 269 g/mol. The predicted octanol–water partition coefficient (Wildman–Crippen LogP) is -0.523. The molecule has 2 aliphatic rings. The van der Waals surface area contributed by atoms with E-state index >= 15 is 0 Å². The van der Waals surface area contributed by atoms with Crippen LogP contribution in [0.15, 0.2) is 0 Å². The molecule has 2 amide bonds. The summed E-state index contributed by atoms with van der Waals surface area (Å²) in [4.78, 5) is 25.4. The fraction of sp³-hybridized carbons (Fsp3) is 0.846. The van der Waals surface area contributed by atoms with Crippen LogP contribution in [0.2, 0.25) is 0 Å². The molecule has 0 saturated carbocycles. The SMILES string of the molecule is CC(=O)N1CCC(NC(=O)C2(C)COCC2N)CC1. The Morgan fingerprint density at radius 2 is 2.00 bits per heavy atom. The monoisotopic (exact) mass is 269 g/mol. The Kier molecular flexibility index (Phi) is 4.10. The van der Waals surface area contributed by atoms with E-state index in [1.807, 2.05) is 11.8 Å². The van der Waals surface area contributed by atoms with Gasteiger partial charge in [-0.3, -0.25) is 9.59 Å². The molecule has 3 N–H and O–H groups in total. The van der Waals surface area contributed by atoms with Crippen molar-refractivity contribution in [3.05, 3.63) is 0 Å². The van der Waals surface area contributed by atoms with Gasteiger partial charge in [0.2, 0.25) is 11.8 Å². The number of likely N-dealkylation sites (tertiary alicyclic amines) is 1. The minimum Gasteiger partial charge on any atom is -0.379 e. The van der Waals surface area contributed by atoms with E-state index in [0.29, 0.717) is 26.3 Å². The highest BCUT2D eigenvalue weighted by Gasteiger charge is 2.45. The Hall–Kier alpha value is -1.14. The van der Waals surface area contributed by atoms with Gasteiger partial charge in [0.1, 0.15) is 0 Å². The van der Waals surface area contributed by atoms with E-state index < -0.39 is 5.41 Å². The molecule has 0 aliphatic carbocycles. The summed E-state index contributed by atoms with van der Waals surface area (Å²) in [5.74, 6) is 0.0710. The van der Waals surface area contributed by atoms with Crippen molar-refractivity contribution in [1.82, 2.24) is 10.2 Å². The molecule has 6 heteroatoms. The highest BCUT2D eigenvalue weighted by molar-refractivity contribution is 5.84. The standard InChI is InChI=1S/C13H23N3O3/c1-9(17)16-5-3-10(4-6-16)15-12(18)13(2)8-19-7-11(13)14/h10-11H,3-8,14H2,1-2H3,(H,15,18). The second kappa shape index (κ2) is 5.46. The van der Waals surface area contributed by atoms with Crippen LogP contribution in [-0.2, 0) is 14.3 Å². The number of carbonyl (C=O) groups excluding carboxylic acids is 2. The maximum absolute atomic E-state index is 12.3. The molecule has 2 aliphatic heterocycles. The van der Waals surface area contributed by atoms with Gasteiger partial charge in [-0.2, -0.15) is 0 Å². The number of hydrogen-bond acceptors (Lipinski definition) is 4. The summed E-state index contributed by atoms with van der Waals surface area (Å²) >= 11 is 0. The zero-order chi connectivity index (χ0) is 14.0. The van der Waals surface area contributed by atoms with Crippen LogP contribution in [0.4, 0.5) is 0 Å². The molecule has 19 heavy (non-hydrogen) atoms. The van der Waals surface area contributed by atoms with E-state index in [4.69, 9.17) is 10.5 Å². The number of nitrogens with two attached hydrogens (primary N) is 1. The lowest BCUT2D eigenvalue weighted by atomic mass is 9.84. The second-order valence-electron chi connectivity index (χ2n) is 5.79. The fourth-order valence-electron chi connectivity index (χ4n) is 2.61. The van der Waals surface area contributed by atoms with Gasteiger partial charge in [-0.25, -0.2) is 0 Å². The van der Waals surface area contributed by atoms with Gasteiger partial charge in [0.15, 0.2) is 0 Å². The molecule has 0 aromatic heterocycles. The molecule has 0 aromatic rings. The third-order valence-corrected chi connectivity index (χ3v) is 4.31. The van der Waals surface area contributed by atoms with Gasteiger partial charge >= 0.3 is 0 Å². The van der Waals surface area contributed by atoms with Crippen molar-refractivity contribution in [1.29, 1.82) is 0 Å². The van der Waals surface area contributed by atoms with Crippen LogP contribution < -0.4 is 11.1 Å². The largest absolute Gasteiger partial charge is 0.379 e. The molecular weight excluding hydrogens is 246 g/mol. The molecule has 0 aromatic carbocycles. The maximum atomic E-state index is 12.3. The quantitative estimate of drug-likeness (QED) is 0.706. The van der Waals surface area contributed by atoms with Gasteiger partial charge < -0.3 is 20.7 Å². The molecule has 6 nitrogen and oxygen atoms in total. The first-order valence-corrected chi connectivity index (χ1v) is 6.83. The summed E-state index contributed by atoms with van der Waals surface area (Å²) < 4.78 is 5.29. The summed E-state index contributed by atoms with van der Waals surface area (Å²) in [5.41, 5.74) is 5.32. The van der Waals surface area contributed by atoms with Gasteiger partial charge in [-0.05, 0) is 19.8 Å². The topological polar surface area (TPSA) is 84.7 Å². The van der Waals surface area contributed by atoms with E-state index in [1.165, 1.54) is 0 Å². The Bertz CT molecular complexity index is 366. The Morgan fingerprint density at radius 3 is 2.47 bits per heavy atom. The van der Waals surface area contributed by atoms with Crippen molar-refractivity contribution in [3.63, 3.8) is 0 Å². The first-order valence-electron chi connectivity index (χ1n) is 6.83. The molecular formula is C13H23N3O3. The normalized spacial score (nSPS) is 32.4. The Labute approximate surface area is 113 Å². The molecule has 2 atom stereocenters. The molecule has 0 bridgehead atoms. The van der Waals surface area contributed by atoms with E-state index in [9.17, 15) is 9.59 Å². The highest BCUT2D eigenvalue weighted by Crippen LogP contribution is 2.27. The van der Waals surface area contributed by atoms with Crippen LogP contribution in [0.1, 0.15) is 26.7 Å². The van der Waals surface area contributed by atoms with Crippen LogP contribution in [0.5, 0.6) is 0 Å². The Balaban J connectivity index is 1.86. The highest BCUT2D eigenvalue weighted by atomic mass is 16.5. The zero-order valence-corrected chi connectivity index (χ0v) is 11.6. The molecule has 2 fully saturated rings. The lowest BCUT2D eigenvalue weighted by molar-refractivity contribution is -0.132. The molecule has 2 unspecified atom stereocenters. The summed E-state index contributed by atoms with van der Waals surface area (Å²) in [6.45, 7) is 5.66. The van der Waals surface area contributed by atoms with E-state index in [-0.39, 0.29) is 23.9 Å². The fourth-order valence-corrected chi connectivity index (χ4v) is 2.61. The van der Waals surface area contributed by atoms with Crippen LogP contribution in [0.25, 0.3) is 0 Å². The summed E-state index contributed by atoms with van der Waals surface area (Å²) in [5, 5.41) is 3.05. The minimum absolute atomic E-state index is 0.0289. The number of amides is 2. The van der Waals surface area contributed by atoms with Crippen molar-refractivity contribution < 1.29 is 14.3 Å². The second-order valence-corrected chi connectivity index (χ2v) is 5.79. The number of piperidine rings is 1. The van der Waals surface area contributed by atoms with Gasteiger partial charge in [0.05, 0.1) is 18.6 Å². The predicted molar refractivity (Wildman–Crippen MR) is 70.3 cm³/mol. The smallest absolute Gasteiger partial charge is 0.230 e. The number of hydrogen-bond donors (Lipinski definition) is 2. The van der Waals surface area contributed by atoms with Crippen molar-refractivity contribution in [2.45, 2.75) is 38.8 Å². The van der Waals surface area contributed by atoms with Crippen LogP contribution >= 0.6 is 0 Å². The van der Waals surface area contributed by atoms with Crippen molar-refractivity contribution in [2.75, 3.05) is 26.3 Å². The van der Waals surface area contributed by atoms with Crippen LogP contribution in [0, 0.1) is 5.41 Å². The number of rotatable bonds is 2. The molecule has 2 heterocycles. The zero-order valence-electron chi connectivity index (χ0n) is 11.6. The van der Waals surface area contributed by atoms with Gasteiger partial charge in [-0.1, -0.05) is 0 Å². The van der Waals surface area contributed by atoms with Crippen molar-refractivity contribution in [2.24, 2.45) is 11.1 Å². The molecule has 2 rings (SSSR count). The molecule has 0 spiro atoms. The Morgan fingerprint density at radius 1 is 1.37 bits per heavy atom. The number of carbonyl (C=O) groups is 2. The minimum atomic E-state index is -0.627. The van der Waals surface area contributed by atoms with Gasteiger partial charge in [0, 0.05) is 32.1 Å². The molecule has 108 valence electrons. The molecule has 0 radical (unpaired) electrons. The average Bonchev–Trinajstić information content (AvgIpc) is 2.71. The van der Waals surface area contributed by atoms with E-state index in [2.05, 4.69) is 5.32 Å². The third-order valence-electron chi connectivity index (χ3n) is 4.31. The molecule has 2 saturated heterocycles. The van der Waals surface area contributed by atoms with E-state index in [0.717, 1.165) is 12.8 Å². The summed E-state index contributed by atoms with van der Waals surface area (Å²) in [6.07, 6.45) is 1.61. The van der Waals surface area contributed by atoms with Crippen molar-refractivity contribution >= 4 is 11.8 Å². The van der Waals surface area contributed by atoms with Gasteiger partial charge in [0.25, 0.3) is 0 Å². The summed E-state index contributed by atoms with van der Waals surface area (Å²) in [7, 11) is 0. The first-order chi connectivity index (χ1) is 8.93. The van der Waals surface area contributed by atoms with Gasteiger partial charge in [-0.15, -0.1) is 0 Å². The van der Waals surface area contributed by atoms with Crippen LogP contribution in [-0.4, -0.2) is 55.1 Å². The number of nitrogens with zero attached hydrogens (tertiary/aromatic N) is 1. The maximum Gasteiger partial charge on any atom is 0.230 e. The van der Waals surface area contributed by atoms with Crippen molar-refractivity contribution in [3.8, 4) is 0 Å². The first kappa shape index (κ1) is 14.3. The lowest BCUT2D eigenvalue weighted by Crippen LogP contribution is -2.54. The lowest BCUT2D eigenvalue weighted by Gasteiger charge is -2.34. The number of nitrogens with one attached hydrogen (secondary N) is 1. The summed E-state index contributed by atoms with van der Waals surface area (Å²) in [6, 6.07) is -0.113. The number of ether oxygens (including phenoxy) is 1. The third kappa shape index (κ3) is 2.90. The van der Waals surface area contributed by atoms with E-state index in [1.54, 1.807) is 6.92 Å².